The standard InChI is InChI=1S/C15H15N3O.CH4.H3P/c1-10-14(12-7-5-9-16-12)17-18(2)15(10)11-6-3-4-8-13(11)19;;/h3-8,19H,9H2,1-2H3;1H4;1H3. The zero-order valence-electron chi connectivity index (χ0n) is 11.7. The van der Waals surface area contributed by atoms with Gasteiger partial charge in [0.1, 0.15) is 11.4 Å². The highest BCUT2D eigenvalue weighted by atomic mass is 31.0. The van der Waals surface area contributed by atoms with Crippen LogP contribution in [0.5, 0.6) is 5.75 Å². The highest BCUT2D eigenvalue weighted by Gasteiger charge is 2.19. The maximum absolute atomic E-state index is 10.0. The van der Waals surface area contributed by atoms with E-state index >= 15 is 0 Å². The molecule has 0 saturated heterocycles. The van der Waals surface area contributed by atoms with Crippen molar-refractivity contribution in [3.8, 4) is 17.0 Å². The number of hydrogen-bond acceptors (Lipinski definition) is 3. The van der Waals surface area contributed by atoms with Crippen molar-refractivity contribution in [1.82, 2.24) is 9.78 Å². The van der Waals surface area contributed by atoms with E-state index < -0.39 is 0 Å². The van der Waals surface area contributed by atoms with Gasteiger partial charge in [-0.15, -0.1) is 0 Å². The van der Waals surface area contributed by atoms with E-state index in [1.165, 1.54) is 0 Å². The molecule has 1 atom stereocenters. The number of aliphatic imine (C=N–C) groups is 1. The average Bonchev–Trinajstić information content (AvgIpc) is 3.00. The van der Waals surface area contributed by atoms with Crippen LogP contribution < -0.4 is 0 Å². The second-order valence-corrected chi connectivity index (χ2v) is 4.59. The topological polar surface area (TPSA) is 50.4 Å². The van der Waals surface area contributed by atoms with Crippen LogP contribution in [0.25, 0.3) is 11.3 Å². The van der Waals surface area contributed by atoms with Crippen molar-refractivity contribution in [2.45, 2.75) is 14.4 Å². The first-order chi connectivity index (χ1) is 9.18. The van der Waals surface area contributed by atoms with Crippen LogP contribution in [0.4, 0.5) is 0 Å². The molecule has 3 rings (SSSR count). The van der Waals surface area contributed by atoms with Gasteiger partial charge in [-0.05, 0) is 25.1 Å². The molecule has 0 amide bonds. The Morgan fingerprint density at radius 3 is 2.57 bits per heavy atom. The summed E-state index contributed by atoms with van der Waals surface area (Å²) in [6.45, 7) is 2.73. The molecule has 2 aromatic rings. The molecule has 0 spiro atoms. The normalized spacial score (nSPS) is 12.6. The molecule has 0 bridgehead atoms. The first kappa shape index (κ1) is 17.1. The summed E-state index contributed by atoms with van der Waals surface area (Å²) >= 11 is 0. The van der Waals surface area contributed by atoms with Crippen LogP contribution in [0.2, 0.25) is 0 Å². The molecule has 0 aliphatic carbocycles. The first-order valence-corrected chi connectivity index (χ1v) is 6.22. The fourth-order valence-electron chi connectivity index (χ4n) is 2.45. The molecule has 5 heteroatoms. The number of nitrogens with zero attached hydrogens (tertiary/aromatic N) is 3. The molecular formula is C16H22N3OP. The van der Waals surface area contributed by atoms with Gasteiger partial charge in [-0.3, -0.25) is 9.67 Å². The predicted octanol–water partition coefficient (Wildman–Crippen LogP) is 3.15. The fourth-order valence-corrected chi connectivity index (χ4v) is 2.45. The van der Waals surface area contributed by atoms with E-state index in [2.05, 4.69) is 10.1 Å². The second-order valence-electron chi connectivity index (χ2n) is 4.59. The Kier molecular flexibility index (Phi) is 5.45. The Bertz CT molecular complexity index is 702. The van der Waals surface area contributed by atoms with Gasteiger partial charge in [0.25, 0.3) is 0 Å². The number of allylic oxidation sites excluding steroid dienone is 1. The van der Waals surface area contributed by atoms with Crippen molar-refractivity contribution in [2.24, 2.45) is 12.0 Å². The van der Waals surface area contributed by atoms with Gasteiger partial charge in [0, 0.05) is 18.2 Å². The van der Waals surface area contributed by atoms with E-state index in [0.29, 0.717) is 0 Å². The number of benzene rings is 1. The second kappa shape index (κ2) is 6.68. The molecule has 112 valence electrons. The van der Waals surface area contributed by atoms with Crippen molar-refractivity contribution in [1.29, 1.82) is 0 Å². The molecule has 2 heterocycles. The van der Waals surface area contributed by atoms with Gasteiger partial charge in [-0.1, -0.05) is 25.6 Å². The fraction of sp³-hybridized carbons (Fsp3) is 0.250. The van der Waals surface area contributed by atoms with Crippen molar-refractivity contribution < 1.29 is 5.11 Å². The zero-order chi connectivity index (χ0) is 13.4. The van der Waals surface area contributed by atoms with Crippen molar-refractivity contribution in [3.63, 3.8) is 0 Å². The molecule has 0 radical (unpaired) electrons. The number of aromatic hydroxyl groups is 1. The molecule has 0 fully saturated rings. The summed E-state index contributed by atoms with van der Waals surface area (Å²) in [6.07, 6.45) is 4.01. The number of aryl methyl sites for hydroxylation is 1. The lowest BCUT2D eigenvalue weighted by atomic mass is 10.0. The Labute approximate surface area is 128 Å². The minimum atomic E-state index is 0. The quantitative estimate of drug-likeness (QED) is 0.866. The molecule has 1 aliphatic heterocycles. The maximum atomic E-state index is 10.0. The Hall–Kier alpha value is -1.93. The molecule has 1 aliphatic rings. The summed E-state index contributed by atoms with van der Waals surface area (Å²) in [6, 6.07) is 7.31. The largest absolute Gasteiger partial charge is 0.507 e. The van der Waals surface area contributed by atoms with E-state index in [9.17, 15) is 5.11 Å². The summed E-state index contributed by atoms with van der Waals surface area (Å²) in [4.78, 5) is 4.40. The van der Waals surface area contributed by atoms with Gasteiger partial charge in [-0.25, -0.2) is 0 Å². The van der Waals surface area contributed by atoms with Crippen molar-refractivity contribution >= 4 is 15.6 Å². The van der Waals surface area contributed by atoms with Crippen LogP contribution >= 0.6 is 9.90 Å². The third kappa shape index (κ3) is 2.91. The minimum absolute atomic E-state index is 0. The van der Waals surface area contributed by atoms with Gasteiger partial charge in [0.05, 0.1) is 18.0 Å². The Morgan fingerprint density at radius 2 is 1.95 bits per heavy atom. The summed E-state index contributed by atoms with van der Waals surface area (Å²) in [5.41, 5.74) is 4.55. The lowest BCUT2D eigenvalue weighted by molar-refractivity contribution is 0.476. The van der Waals surface area contributed by atoms with Crippen LogP contribution in [0.1, 0.15) is 18.7 Å². The molecule has 1 N–H and O–H groups in total. The van der Waals surface area contributed by atoms with Crippen LogP contribution in [0.15, 0.2) is 41.4 Å². The SMILES string of the molecule is C.Cc1c(C2=NCC=C2)nn(C)c1-c1ccccc1O.P. The Balaban J connectivity index is 0.00000110. The highest BCUT2D eigenvalue weighted by molar-refractivity contribution is 6.92. The van der Waals surface area contributed by atoms with E-state index in [0.717, 1.165) is 34.8 Å². The molecule has 1 unspecified atom stereocenters. The van der Waals surface area contributed by atoms with E-state index in [4.69, 9.17) is 0 Å². The monoisotopic (exact) mass is 303 g/mol. The number of rotatable bonds is 2. The van der Waals surface area contributed by atoms with Crippen LogP contribution in [-0.4, -0.2) is 27.1 Å². The molecule has 4 nitrogen and oxygen atoms in total. The van der Waals surface area contributed by atoms with Gasteiger partial charge < -0.3 is 5.11 Å². The van der Waals surface area contributed by atoms with Gasteiger partial charge in [-0.2, -0.15) is 15.0 Å². The summed E-state index contributed by atoms with van der Waals surface area (Å²) in [7, 11) is 1.89. The van der Waals surface area contributed by atoms with Crippen molar-refractivity contribution in [3.05, 3.63) is 47.7 Å². The summed E-state index contributed by atoms with van der Waals surface area (Å²) < 4.78 is 1.80. The van der Waals surface area contributed by atoms with Gasteiger partial charge in [0.2, 0.25) is 0 Å². The number of para-hydroxylation sites is 1. The number of hydrogen-bond donors (Lipinski definition) is 1. The Morgan fingerprint density at radius 1 is 1.24 bits per heavy atom. The van der Waals surface area contributed by atoms with E-state index in [1.807, 2.05) is 44.3 Å². The zero-order valence-corrected chi connectivity index (χ0v) is 13.1. The molecule has 21 heavy (non-hydrogen) atoms. The summed E-state index contributed by atoms with van der Waals surface area (Å²) in [5, 5.41) is 14.5. The van der Waals surface area contributed by atoms with Crippen molar-refractivity contribution in [2.75, 3.05) is 6.54 Å². The minimum Gasteiger partial charge on any atom is -0.507 e. The molecule has 1 aromatic heterocycles. The molecule has 0 saturated carbocycles. The van der Waals surface area contributed by atoms with Crippen LogP contribution in [0.3, 0.4) is 0 Å². The number of phenolic OH excluding ortho intramolecular Hbond substituents is 1. The third-order valence-corrected chi connectivity index (χ3v) is 3.33. The lowest BCUT2D eigenvalue weighted by Gasteiger charge is -2.06. The smallest absolute Gasteiger partial charge is 0.124 e. The third-order valence-electron chi connectivity index (χ3n) is 3.33. The summed E-state index contributed by atoms with van der Waals surface area (Å²) in [5.74, 6) is 0.268. The molecular weight excluding hydrogens is 281 g/mol. The van der Waals surface area contributed by atoms with E-state index in [1.54, 1.807) is 10.7 Å². The van der Waals surface area contributed by atoms with Crippen LogP contribution in [0, 0.1) is 6.92 Å². The van der Waals surface area contributed by atoms with Gasteiger partial charge >= 0.3 is 0 Å². The number of aromatic nitrogens is 2. The average molecular weight is 303 g/mol. The van der Waals surface area contributed by atoms with Gasteiger partial charge in [0.15, 0.2) is 0 Å². The number of phenols is 1. The van der Waals surface area contributed by atoms with Crippen LogP contribution in [-0.2, 0) is 7.05 Å². The highest BCUT2D eigenvalue weighted by Crippen LogP contribution is 2.32. The van der Waals surface area contributed by atoms with E-state index in [-0.39, 0.29) is 23.1 Å². The maximum Gasteiger partial charge on any atom is 0.124 e. The first-order valence-electron chi connectivity index (χ1n) is 6.22. The predicted molar refractivity (Wildman–Crippen MR) is 93.4 cm³/mol. The lowest BCUT2D eigenvalue weighted by Crippen LogP contribution is -1.99. The molecule has 1 aromatic carbocycles.